The van der Waals surface area contributed by atoms with Crippen molar-refractivity contribution in [1.82, 2.24) is 24.3 Å². The Labute approximate surface area is 124 Å². The summed E-state index contributed by atoms with van der Waals surface area (Å²) in [4.78, 5) is 28.1. The molecule has 0 fully saturated rings. The Morgan fingerprint density at radius 1 is 1.09 bits per heavy atom. The number of nitrogens with one attached hydrogen (secondary N) is 1. The highest BCUT2D eigenvalue weighted by Crippen LogP contribution is 2.20. The van der Waals surface area contributed by atoms with E-state index in [2.05, 4.69) is 20.5 Å². The highest BCUT2D eigenvalue weighted by Gasteiger charge is 2.13. The maximum absolute atomic E-state index is 12.0. The Kier molecular flexibility index (Phi) is 3.09. The lowest BCUT2D eigenvalue weighted by Crippen LogP contribution is -2.38. The molecule has 112 valence electrons. The van der Waals surface area contributed by atoms with Crippen LogP contribution in [0.1, 0.15) is 0 Å². The van der Waals surface area contributed by atoms with Gasteiger partial charge < -0.3 is 11.1 Å². The molecule has 3 aromatic rings. The molecule has 0 saturated carbocycles. The quantitative estimate of drug-likeness (QED) is 0.626. The van der Waals surface area contributed by atoms with Crippen molar-refractivity contribution in [1.29, 1.82) is 0 Å². The molecule has 0 aliphatic heterocycles. The van der Waals surface area contributed by atoms with E-state index >= 15 is 0 Å². The first-order valence-electron chi connectivity index (χ1n) is 6.41. The zero-order valence-electron chi connectivity index (χ0n) is 11.9. The minimum Gasteiger partial charge on any atom is -0.397 e. The summed E-state index contributed by atoms with van der Waals surface area (Å²) < 4.78 is 2.20. The average molecular weight is 299 g/mol. The van der Waals surface area contributed by atoms with E-state index < -0.39 is 11.2 Å². The first kappa shape index (κ1) is 13.7. The average Bonchev–Trinajstić information content (AvgIpc) is 2.53. The van der Waals surface area contributed by atoms with Crippen LogP contribution in [0.3, 0.4) is 0 Å². The fraction of sp³-hybridized carbons (Fsp3) is 0.154. The van der Waals surface area contributed by atoms with Crippen molar-refractivity contribution in [3.05, 3.63) is 45.1 Å². The molecule has 0 aliphatic rings. The molecule has 9 nitrogen and oxygen atoms in total. The molecular formula is C13H13N7O2. The molecule has 2 heterocycles. The number of aryl methyl sites for hydroxylation is 1. The number of nitrogens with zero attached hydrogens (tertiary/aromatic N) is 5. The fourth-order valence-corrected chi connectivity index (χ4v) is 2.04. The molecule has 0 amide bonds. The molecule has 3 rings (SSSR count). The van der Waals surface area contributed by atoms with Crippen LogP contribution in [0.4, 0.5) is 17.3 Å². The summed E-state index contributed by atoms with van der Waals surface area (Å²) in [7, 11) is 2.89. The molecule has 0 bridgehead atoms. The molecule has 0 atom stereocenters. The first-order valence-corrected chi connectivity index (χ1v) is 6.41. The van der Waals surface area contributed by atoms with Crippen molar-refractivity contribution in [2.45, 2.75) is 0 Å². The third-order valence-corrected chi connectivity index (χ3v) is 3.27. The lowest BCUT2D eigenvalue weighted by Gasteiger charge is -2.09. The van der Waals surface area contributed by atoms with Gasteiger partial charge in [-0.1, -0.05) is 12.1 Å². The number of para-hydroxylation sites is 2. The molecular weight excluding hydrogens is 286 g/mol. The van der Waals surface area contributed by atoms with Gasteiger partial charge in [0.25, 0.3) is 5.56 Å². The summed E-state index contributed by atoms with van der Waals surface area (Å²) in [5.41, 5.74) is 6.11. The molecule has 22 heavy (non-hydrogen) atoms. The molecule has 9 heteroatoms. The summed E-state index contributed by atoms with van der Waals surface area (Å²) in [6.45, 7) is 0. The largest absolute Gasteiger partial charge is 0.397 e. The van der Waals surface area contributed by atoms with E-state index in [1.165, 1.54) is 18.7 Å². The standard InChI is InChI=1S/C13H13N7O2/c1-19-10-9(11(21)20(2)13(19)22)17-18-12(16-10)15-8-6-4-3-5-7(8)14/h3-6H,14H2,1-2H3,(H,15,16,18). The van der Waals surface area contributed by atoms with Crippen molar-refractivity contribution in [2.24, 2.45) is 14.1 Å². The molecule has 0 spiro atoms. The molecule has 0 unspecified atom stereocenters. The van der Waals surface area contributed by atoms with Crippen LogP contribution in [-0.2, 0) is 14.1 Å². The number of benzene rings is 1. The van der Waals surface area contributed by atoms with Crippen LogP contribution in [0.15, 0.2) is 33.9 Å². The number of hydrogen-bond donors (Lipinski definition) is 2. The van der Waals surface area contributed by atoms with E-state index in [9.17, 15) is 9.59 Å². The van der Waals surface area contributed by atoms with E-state index in [-0.39, 0.29) is 17.1 Å². The second-order valence-corrected chi connectivity index (χ2v) is 4.73. The normalized spacial score (nSPS) is 10.8. The van der Waals surface area contributed by atoms with Crippen molar-refractivity contribution in [2.75, 3.05) is 11.1 Å². The van der Waals surface area contributed by atoms with Gasteiger partial charge in [0, 0.05) is 14.1 Å². The Morgan fingerprint density at radius 2 is 1.82 bits per heavy atom. The predicted octanol–water partition coefficient (Wildman–Crippen LogP) is -0.252. The SMILES string of the molecule is Cn1c(=O)c2nnc(Nc3ccccc3N)nc2n(C)c1=O. The second-order valence-electron chi connectivity index (χ2n) is 4.73. The van der Waals surface area contributed by atoms with Gasteiger partial charge in [-0.05, 0) is 12.1 Å². The Balaban J connectivity index is 2.17. The number of aromatic nitrogens is 5. The molecule has 3 N–H and O–H groups in total. The van der Waals surface area contributed by atoms with Gasteiger partial charge in [0.1, 0.15) is 0 Å². The van der Waals surface area contributed by atoms with Gasteiger partial charge in [-0.2, -0.15) is 4.98 Å². The summed E-state index contributed by atoms with van der Waals surface area (Å²) in [6, 6.07) is 7.08. The number of nitrogen functional groups attached to an aromatic ring is 1. The predicted molar refractivity (Wildman–Crippen MR) is 82.0 cm³/mol. The van der Waals surface area contributed by atoms with Gasteiger partial charge in [-0.3, -0.25) is 13.9 Å². The maximum atomic E-state index is 12.0. The molecule has 0 saturated heterocycles. The minimum absolute atomic E-state index is 0.0242. The van der Waals surface area contributed by atoms with Crippen LogP contribution in [0.2, 0.25) is 0 Å². The fourth-order valence-electron chi connectivity index (χ4n) is 2.04. The highest BCUT2D eigenvalue weighted by molar-refractivity contribution is 5.73. The number of rotatable bonds is 2. The number of hydrogen-bond acceptors (Lipinski definition) is 7. The number of anilines is 3. The lowest BCUT2D eigenvalue weighted by molar-refractivity contribution is 0.700. The zero-order chi connectivity index (χ0) is 15.9. The van der Waals surface area contributed by atoms with Crippen molar-refractivity contribution >= 4 is 28.5 Å². The molecule has 0 aliphatic carbocycles. The van der Waals surface area contributed by atoms with Crippen LogP contribution in [0.5, 0.6) is 0 Å². The molecule has 1 aromatic carbocycles. The van der Waals surface area contributed by atoms with Gasteiger partial charge in [0.15, 0.2) is 11.2 Å². The van der Waals surface area contributed by atoms with Gasteiger partial charge in [0.05, 0.1) is 11.4 Å². The van der Waals surface area contributed by atoms with Gasteiger partial charge in [-0.25, -0.2) is 4.79 Å². The monoisotopic (exact) mass is 299 g/mol. The smallest absolute Gasteiger partial charge is 0.332 e. The van der Waals surface area contributed by atoms with Gasteiger partial charge >= 0.3 is 5.69 Å². The van der Waals surface area contributed by atoms with Gasteiger partial charge in [-0.15, -0.1) is 10.2 Å². The number of fused-ring (bicyclic) bond motifs is 1. The lowest BCUT2D eigenvalue weighted by atomic mass is 10.3. The topological polar surface area (TPSA) is 121 Å². The van der Waals surface area contributed by atoms with Crippen LogP contribution < -0.4 is 22.3 Å². The Bertz CT molecular complexity index is 990. The molecule has 0 radical (unpaired) electrons. The summed E-state index contributed by atoms with van der Waals surface area (Å²) in [6.07, 6.45) is 0. The Morgan fingerprint density at radius 3 is 2.55 bits per heavy atom. The van der Waals surface area contributed by atoms with Crippen LogP contribution >= 0.6 is 0 Å². The van der Waals surface area contributed by atoms with Crippen molar-refractivity contribution in [3.8, 4) is 0 Å². The number of nitrogens with two attached hydrogens (primary N) is 1. The maximum Gasteiger partial charge on any atom is 0.332 e. The van der Waals surface area contributed by atoms with E-state index in [1.807, 2.05) is 0 Å². The first-order chi connectivity index (χ1) is 10.5. The van der Waals surface area contributed by atoms with Crippen molar-refractivity contribution in [3.63, 3.8) is 0 Å². The third kappa shape index (κ3) is 2.08. The summed E-state index contributed by atoms with van der Waals surface area (Å²) >= 11 is 0. The van der Waals surface area contributed by atoms with E-state index in [4.69, 9.17) is 5.73 Å². The molecule has 2 aromatic heterocycles. The summed E-state index contributed by atoms with van der Waals surface area (Å²) in [5, 5.41) is 10.6. The van der Waals surface area contributed by atoms with E-state index in [0.717, 1.165) is 4.57 Å². The van der Waals surface area contributed by atoms with E-state index in [1.54, 1.807) is 24.3 Å². The highest BCUT2D eigenvalue weighted by atomic mass is 16.2. The van der Waals surface area contributed by atoms with E-state index in [0.29, 0.717) is 11.4 Å². The minimum atomic E-state index is -0.538. The zero-order valence-corrected chi connectivity index (χ0v) is 11.9. The second kappa shape index (κ2) is 4.95. The van der Waals surface area contributed by atoms with Crippen LogP contribution in [0.25, 0.3) is 11.2 Å². The summed E-state index contributed by atoms with van der Waals surface area (Å²) in [5.74, 6) is 0.147. The Hall–Kier alpha value is -3.23. The van der Waals surface area contributed by atoms with Crippen LogP contribution in [0, 0.1) is 0 Å². The van der Waals surface area contributed by atoms with Crippen molar-refractivity contribution < 1.29 is 0 Å². The van der Waals surface area contributed by atoms with Gasteiger partial charge in [0.2, 0.25) is 5.95 Å². The third-order valence-electron chi connectivity index (χ3n) is 3.27. The van der Waals surface area contributed by atoms with Crippen LogP contribution in [-0.4, -0.2) is 24.3 Å².